The molecule has 0 bridgehead atoms. The third-order valence-corrected chi connectivity index (χ3v) is 20.0. The highest BCUT2D eigenvalue weighted by Crippen LogP contribution is 2.53. The van der Waals surface area contributed by atoms with Crippen LogP contribution < -0.4 is 41.5 Å². The molecule has 2 aromatic heterocycles. The van der Waals surface area contributed by atoms with E-state index in [4.69, 9.17) is 4.42 Å². The van der Waals surface area contributed by atoms with Gasteiger partial charge >= 0.3 is 0 Å². The number of para-hydroxylation sites is 6. The highest BCUT2D eigenvalue weighted by Gasteiger charge is 2.49. The molecule has 11 aromatic carbocycles. The first kappa shape index (κ1) is 42.2. The number of benzene rings is 11. The molecule has 352 valence electrons. The van der Waals surface area contributed by atoms with Gasteiger partial charge in [0.25, 0.3) is 6.71 Å². The molecule has 5 heterocycles. The van der Waals surface area contributed by atoms with Crippen LogP contribution in [-0.2, 0) is 0 Å². The van der Waals surface area contributed by atoms with Crippen molar-refractivity contribution in [2.45, 2.75) is 13.1 Å². The van der Waals surface area contributed by atoms with Gasteiger partial charge in [0.15, 0.2) is 0 Å². The molecule has 5 nitrogen and oxygen atoms in total. The van der Waals surface area contributed by atoms with Crippen LogP contribution >= 0.6 is 0 Å². The van der Waals surface area contributed by atoms with Gasteiger partial charge in [0.1, 0.15) is 19.2 Å². The van der Waals surface area contributed by atoms with Gasteiger partial charge in [0.2, 0.25) is 0 Å². The first-order valence-electron chi connectivity index (χ1n) is 26.1. The van der Waals surface area contributed by atoms with Gasteiger partial charge in [-0.2, -0.15) is 0 Å². The van der Waals surface area contributed by atoms with E-state index in [0.29, 0.717) is 0 Å². The number of fused-ring (bicyclic) bond motifs is 15. The summed E-state index contributed by atoms with van der Waals surface area (Å²) in [4.78, 5) is 7.70. The smallest absolute Gasteiger partial charge is 0.252 e. The second kappa shape index (κ2) is 15.9. The topological polar surface area (TPSA) is 27.8 Å². The molecular formula is C68H47BN4OSi. The van der Waals surface area contributed by atoms with Crippen LogP contribution in [0.15, 0.2) is 253 Å². The minimum absolute atomic E-state index is 0.118. The van der Waals surface area contributed by atoms with E-state index in [0.717, 1.165) is 78.6 Å². The summed E-state index contributed by atoms with van der Waals surface area (Å²) in [6.07, 6.45) is 0. The van der Waals surface area contributed by atoms with Crippen molar-refractivity contribution in [2.75, 3.05) is 14.7 Å². The van der Waals surface area contributed by atoms with E-state index >= 15 is 0 Å². The highest BCUT2D eigenvalue weighted by molar-refractivity contribution is 7.05. The van der Waals surface area contributed by atoms with Gasteiger partial charge in [0, 0.05) is 61.5 Å². The maximum atomic E-state index is 6.81. The van der Waals surface area contributed by atoms with Crippen LogP contribution in [0.3, 0.4) is 0 Å². The molecule has 75 heavy (non-hydrogen) atoms. The number of furan rings is 1. The third-order valence-electron chi connectivity index (χ3n) is 16.5. The van der Waals surface area contributed by atoms with Crippen LogP contribution in [0.2, 0.25) is 13.1 Å². The second-order valence-corrected chi connectivity index (χ2v) is 25.1. The summed E-state index contributed by atoms with van der Waals surface area (Å²) in [5, 5.41) is 7.58. The number of anilines is 9. The van der Waals surface area contributed by atoms with Crippen molar-refractivity contribution < 1.29 is 4.42 Å². The number of hydrogen-bond acceptors (Lipinski definition) is 4. The van der Waals surface area contributed by atoms with Crippen molar-refractivity contribution in [1.82, 2.24) is 4.57 Å². The number of nitrogens with zero attached hydrogens (tertiary/aromatic N) is 4. The summed E-state index contributed by atoms with van der Waals surface area (Å²) in [5.74, 6) is 0. The van der Waals surface area contributed by atoms with Crippen molar-refractivity contribution in [3.63, 3.8) is 0 Å². The van der Waals surface area contributed by atoms with Crippen molar-refractivity contribution in [2.24, 2.45) is 0 Å². The molecule has 3 aliphatic heterocycles. The predicted octanol–water partition coefficient (Wildman–Crippen LogP) is 15.0. The fourth-order valence-electron chi connectivity index (χ4n) is 13.4. The number of aromatic nitrogens is 1. The molecule has 0 N–H and O–H groups in total. The molecule has 0 saturated carbocycles. The summed E-state index contributed by atoms with van der Waals surface area (Å²) in [6.45, 7) is 4.95. The summed E-state index contributed by atoms with van der Waals surface area (Å²) in [7, 11) is -2.12. The average molecular weight is 975 g/mol. The highest BCUT2D eigenvalue weighted by atomic mass is 28.3. The van der Waals surface area contributed by atoms with E-state index < -0.39 is 8.07 Å². The average Bonchev–Trinajstić information content (AvgIpc) is 4.10. The summed E-state index contributed by atoms with van der Waals surface area (Å²) >= 11 is 0. The van der Waals surface area contributed by atoms with Crippen LogP contribution in [-0.4, -0.2) is 19.4 Å². The fourth-order valence-corrected chi connectivity index (χ4v) is 16.5. The van der Waals surface area contributed by atoms with E-state index in [1.165, 1.54) is 59.9 Å². The van der Waals surface area contributed by atoms with E-state index in [2.05, 4.69) is 281 Å². The number of hydrogen-bond donors (Lipinski definition) is 0. The lowest BCUT2D eigenvalue weighted by atomic mass is 9.33. The zero-order chi connectivity index (χ0) is 49.5. The molecule has 0 saturated heterocycles. The normalized spacial score (nSPS) is 13.8. The van der Waals surface area contributed by atoms with Gasteiger partial charge in [-0.3, -0.25) is 0 Å². The van der Waals surface area contributed by atoms with Gasteiger partial charge < -0.3 is 23.7 Å². The van der Waals surface area contributed by atoms with Crippen molar-refractivity contribution in [3.05, 3.63) is 249 Å². The van der Waals surface area contributed by atoms with E-state index in [-0.39, 0.29) is 6.71 Å². The lowest BCUT2D eigenvalue weighted by molar-refractivity contribution is 0.669. The molecule has 13 aromatic rings. The molecule has 0 fully saturated rings. The van der Waals surface area contributed by atoms with Crippen molar-refractivity contribution in [3.8, 4) is 16.8 Å². The lowest BCUT2D eigenvalue weighted by Crippen LogP contribution is -2.62. The van der Waals surface area contributed by atoms with Crippen LogP contribution in [0, 0.1) is 0 Å². The Hall–Kier alpha value is -9.30. The minimum Gasteiger partial charge on any atom is -0.456 e. The van der Waals surface area contributed by atoms with Crippen molar-refractivity contribution in [1.29, 1.82) is 0 Å². The molecule has 0 unspecified atom stereocenters. The quantitative estimate of drug-likeness (QED) is 0.155. The predicted molar refractivity (Wildman–Crippen MR) is 319 cm³/mol. The van der Waals surface area contributed by atoms with E-state index in [1.54, 1.807) is 0 Å². The van der Waals surface area contributed by atoms with E-state index in [9.17, 15) is 0 Å². The Morgan fingerprint density at radius 3 is 1.73 bits per heavy atom. The molecule has 7 heteroatoms. The van der Waals surface area contributed by atoms with Gasteiger partial charge in [-0.05, 0) is 123 Å². The van der Waals surface area contributed by atoms with Gasteiger partial charge in [0.05, 0.1) is 33.5 Å². The molecule has 0 radical (unpaired) electrons. The van der Waals surface area contributed by atoms with Crippen LogP contribution in [0.1, 0.15) is 0 Å². The third kappa shape index (κ3) is 5.90. The maximum absolute atomic E-state index is 6.81. The second-order valence-electron chi connectivity index (χ2n) is 20.8. The largest absolute Gasteiger partial charge is 0.456 e. The Balaban J connectivity index is 1.08. The molecule has 0 amide bonds. The molecule has 0 spiro atoms. The fraction of sp³-hybridized carbons (Fsp3) is 0.0294. The maximum Gasteiger partial charge on any atom is 0.252 e. The Morgan fingerprint density at radius 1 is 0.427 bits per heavy atom. The Kier molecular flexibility index (Phi) is 8.93. The molecule has 0 atom stereocenters. The first-order chi connectivity index (χ1) is 37.0. The van der Waals surface area contributed by atoms with Crippen molar-refractivity contribution >= 4 is 136 Å². The van der Waals surface area contributed by atoms with Crippen LogP contribution in [0.5, 0.6) is 0 Å². The molecular weight excluding hydrogens is 928 g/mol. The Bertz CT molecular complexity index is 4480. The van der Waals surface area contributed by atoms with E-state index in [1.807, 2.05) is 0 Å². The van der Waals surface area contributed by atoms with Gasteiger partial charge in [-0.25, -0.2) is 0 Å². The zero-order valence-corrected chi connectivity index (χ0v) is 42.4. The van der Waals surface area contributed by atoms with Gasteiger partial charge in [-0.15, -0.1) is 0 Å². The zero-order valence-electron chi connectivity index (χ0n) is 41.4. The molecule has 16 rings (SSSR count). The van der Waals surface area contributed by atoms with Crippen LogP contribution in [0.4, 0.5) is 51.2 Å². The Labute approximate surface area is 436 Å². The summed E-state index contributed by atoms with van der Waals surface area (Å²) < 4.78 is 9.23. The summed E-state index contributed by atoms with van der Waals surface area (Å²) in [5.41, 5.74) is 21.9. The monoisotopic (exact) mass is 974 g/mol. The molecule has 0 aliphatic carbocycles. The lowest BCUT2D eigenvalue weighted by Gasteiger charge is -2.46. The molecule has 3 aliphatic rings. The number of rotatable bonds is 6. The summed E-state index contributed by atoms with van der Waals surface area (Å²) in [6, 6.07) is 92.0. The first-order valence-corrected chi connectivity index (χ1v) is 29.1. The SMILES string of the molecule is C[Si]1(C)c2ccccc2-c2c1ccc1c2N(c2ccccc2)c2cc(N(c3ccccc3)c3cccc4c3c3ccccc3n4-c3ccccc3)cc3c2B1c1ccc2oc4ccccc4c2c1N3c1ccccc1. The standard InChI is InChI=1S/C68H47BN4OSi/c1-75(2)61-37-20-17-32-51(61)65-62(75)41-39-53-68(65)73(47-28-13-6-14-29-47)58-43-48(42-57-66(58)69(53)52-38-40-60-64(50-31-16-19-36-59(50)74-60)67(52)72(57)46-26-11-5-12-27-46)70(44-22-7-3-8-23-44)55-34-21-35-56-63(55)49-30-15-18-33-54(49)71(56)45-24-9-4-10-25-45/h3-43H,1-2H3. The van der Waals surface area contributed by atoms with Gasteiger partial charge in [-0.1, -0.05) is 171 Å². The minimum atomic E-state index is -2.12. The Morgan fingerprint density at radius 2 is 1.00 bits per heavy atom. The van der Waals surface area contributed by atoms with Crippen LogP contribution in [0.25, 0.3) is 60.6 Å².